The summed E-state index contributed by atoms with van der Waals surface area (Å²) in [5.74, 6) is 0.959. The van der Waals surface area contributed by atoms with E-state index in [1.54, 1.807) is 17.8 Å². The minimum absolute atomic E-state index is 0.00526. The third-order valence-corrected chi connectivity index (χ3v) is 4.22. The summed E-state index contributed by atoms with van der Waals surface area (Å²) in [6, 6.07) is 5.60. The number of benzene rings is 1. The first-order valence-corrected chi connectivity index (χ1v) is 7.08. The molecule has 92 valence electrons. The van der Waals surface area contributed by atoms with Crippen LogP contribution in [0.15, 0.2) is 23.1 Å². The minimum atomic E-state index is 0.00526. The van der Waals surface area contributed by atoms with E-state index in [1.165, 1.54) is 6.92 Å². The van der Waals surface area contributed by atoms with Gasteiger partial charge in [0.25, 0.3) is 0 Å². The first kappa shape index (κ1) is 12.9. The van der Waals surface area contributed by atoms with Gasteiger partial charge in [-0.3, -0.25) is 4.79 Å². The molecule has 0 N–H and O–H groups in total. The van der Waals surface area contributed by atoms with Crippen molar-refractivity contribution in [1.82, 2.24) is 0 Å². The molecule has 0 radical (unpaired) electrons. The highest BCUT2D eigenvalue weighted by atomic mass is 35.5. The van der Waals surface area contributed by atoms with E-state index in [4.69, 9.17) is 16.3 Å². The van der Waals surface area contributed by atoms with E-state index < -0.39 is 0 Å². The molecule has 1 unspecified atom stereocenters. The largest absolute Gasteiger partial charge is 0.377 e. The maximum absolute atomic E-state index is 11.2. The summed E-state index contributed by atoms with van der Waals surface area (Å²) >= 11 is 7.79. The van der Waals surface area contributed by atoms with Gasteiger partial charge in [0.2, 0.25) is 0 Å². The van der Waals surface area contributed by atoms with Gasteiger partial charge >= 0.3 is 0 Å². The molecule has 1 aliphatic heterocycles. The Morgan fingerprint density at radius 1 is 1.59 bits per heavy atom. The summed E-state index contributed by atoms with van der Waals surface area (Å²) in [5.41, 5.74) is 0.591. The van der Waals surface area contributed by atoms with Gasteiger partial charge in [0, 0.05) is 22.8 Å². The molecule has 1 atom stereocenters. The molecule has 0 spiro atoms. The number of ether oxygens (including phenoxy) is 1. The van der Waals surface area contributed by atoms with Crippen LogP contribution in [0.25, 0.3) is 0 Å². The lowest BCUT2D eigenvalue weighted by atomic mass is 10.1. The van der Waals surface area contributed by atoms with Gasteiger partial charge in [-0.1, -0.05) is 11.6 Å². The molecule has 1 aliphatic rings. The lowest BCUT2D eigenvalue weighted by Crippen LogP contribution is -2.07. The zero-order valence-electron chi connectivity index (χ0n) is 9.74. The first-order chi connectivity index (χ1) is 8.16. The fourth-order valence-corrected chi connectivity index (χ4v) is 3.22. The van der Waals surface area contributed by atoms with Gasteiger partial charge in [-0.2, -0.15) is 0 Å². The predicted octanol–water partition coefficient (Wildman–Crippen LogP) is 3.81. The van der Waals surface area contributed by atoms with Crippen molar-refractivity contribution in [3.63, 3.8) is 0 Å². The van der Waals surface area contributed by atoms with Crippen LogP contribution in [-0.2, 0) is 4.74 Å². The van der Waals surface area contributed by atoms with Crippen molar-refractivity contribution < 1.29 is 9.53 Å². The highest BCUT2D eigenvalue weighted by molar-refractivity contribution is 7.99. The van der Waals surface area contributed by atoms with Gasteiger partial charge in [-0.05, 0) is 38.0 Å². The molecule has 0 aliphatic carbocycles. The second kappa shape index (κ2) is 5.89. The molecule has 0 aromatic heterocycles. The van der Waals surface area contributed by atoms with Crippen molar-refractivity contribution in [3.05, 3.63) is 28.8 Å². The van der Waals surface area contributed by atoms with Gasteiger partial charge in [0.15, 0.2) is 5.78 Å². The maximum Gasteiger partial charge on any atom is 0.161 e. The van der Waals surface area contributed by atoms with Crippen LogP contribution in [0.2, 0.25) is 5.02 Å². The number of Topliss-reactive ketones (excluding diaryl/α,β-unsaturated/α-hetero) is 1. The van der Waals surface area contributed by atoms with Gasteiger partial charge in [-0.15, -0.1) is 11.8 Å². The van der Waals surface area contributed by atoms with Crippen LogP contribution in [0.3, 0.4) is 0 Å². The number of hydrogen-bond acceptors (Lipinski definition) is 3. The van der Waals surface area contributed by atoms with E-state index in [1.807, 2.05) is 12.1 Å². The summed E-state index contributed by atoms with van der Waals surface area (Å²) in [6.45, 7) is 2.41. The SMILES string of the molecule is CC(=O)c1ccc(SCC2CCCO2)cc1Cl. The number of hydrogen-bond donors (Lipinski definition) is 0. The van der Waals surface area contributed by atoms with Crippen molar-refractivity contribution in [2.45, 2.75) is 30.8 Å². The Labute approximate surface area is 111 Å². The Morgan fingerprint density at radius 3 is 3.00 bits per heavy atom. The monoisotopic (exact) mass is 270 g/mol. The maximum atomic E-state index is 11.2. The normalized spacial score (nSPS) is 19.5. The molecule has 17 heavy (non-hydrogen) atoms. The number of carbonyl (C=O) groups excluding carboxylic acids is 1. The van der Waals surface area contributed by atoms with Gasteiger partial charge in [0.1, 0.15) is 0 Å². The van der Waals surface area contributed by atoms with Crippen molar-refractivity contribution in [2.75, 3.05) is 12.4 Å². The molecular formula is C13H15ClO2S. The summed E-state index contributed by atoms with van der Waals surface area (Å²) in [6.07, 6.45) is 2.67. The van der Waals surface area contributed by atoms with Crippen molar-refractivity contribution in [2.24, 2.45) is 0 Å². The topological polar surface area (TPSA) is 26.3 Å². The van der Waals surface area contributed by atoms with Crippen LogP contribution in [-0.4, -0.2) is 24.2 Å². The zero-order chi connectivity index (χ0) is 12.3. The van der Waals surface area contributed by atoms with Crippen molar-refractivity contribution >= 4 is 29.1 Å². The molecule has 4 heteroatoms. The van der Waals surface area contributed by atoms with Crippen LogP contribution >= 0.6 is 23.4 Å². The molecule has 1 saturated heterocycles. The lowest BCUT2D eigenvalue weighted by Gasteiger charge is -2.09. The van der Waals surface area contributed by atoms with Gasteiger partial charge < -0.3 is 4.74 Å². The van der Waals surface area contributed by atoms with Crippen LogP contribution in [0.5, 0.6) is 0 Å². The molecule has 2 nitrogen and oxygen atoms in total. The molecule has 0 saturated carbocycles. The highest BCUT2D eigenvalue weighted by Crippen LogP contribution is 2.27. The molecule has 1 fully saturated rings. The van der Waals surface area contributed by atoms with E-state index in [0.717, 1.165) is 30.1 Å². The first-order valence-electron chi connectivity index (χ1n) is 5.71. The molecule has 0 amide bonds. The zero-order valence-corrected chi connectivity index (χ0v) is 11.3. The average Bonchev–Trinajstić information content (AvgIpc) is 2.78. The molecule has 1 aromatic carbocycles. The quantitative estimate of drug-likeness (QED) is 0.615. The standard InChI is InChI=1S/C13H15ClO2S/c1-9(15)12-5-4-11(7-13(12)14)17-8-10-3-2-6-16-10/h4-5,7,10H,2-3,6,8H2,1H3. The van der Waals surface area contributed by atoms with Gasteiger partial charge in [0.05, 0.1) is 11.1 Å². The fraction of sp³-hybridized carbons (Fsp3) is 0.462. The smallest absolute Gasteiger partial charge is 0.161 e. The van der Waals surface area contributed by atoms with E-state index in [0.29, 0.717) is 16.7 Å². The van der Waals surface area contributed by atoms with Crippen LogP contribution in [0, 0.1) is 0 Å². The predicted molar refractivity (Wildman–Crippen MR) is 71.2 cm³/mol. The van der Waals surface area contributed by atoms with Crippen LogP contribution in [0.4, 0.5) is 0 Å². The molecule has 1 heterocycles. The molecule has 0 bridgehead atoms. The Kier molecular flexibility index (Phi) is 4.48. The Hall–Kier alpha value is -0.510. The molecule has 1 aromatic rings. The van der Waals surface area contributed by atoms with E-state index in [-0.39, 0.29) is 5.78 Å². The Morgan fingerprint density at radius 2 is 2.41 bits per heavy atom. The summed E-state index contributed by atoms with van der Waals surface area (Å²) in [4.78, 5) is 12.3. The summed E-state index contributed by atoms with van der Waals surface area (Å²) in [5, 5.41) is 0.537. The highest BCUT2D eigenvalue weighted by Gasteiger charge is 2.15. The number of rotatable bonds is 4. The summed E-state index contributed by atoms with van der Waals surface area (Å²) < 4.78 is 5.56. The second-order valence-corrected chi connectivity index (χ2v) is 5.64. The molecule has 2 rings (SSSR count). The average molecular weight is 271 g/mol. The fourth-order valence-electron chi connectivity index (χ4n) is 1.84. The second-order valence-electron chi connectivity index (χ2n) is 4.14. The van der Waals surface area contributed by atoms with Crippen molar-refractivity contribution in [1.29, 1.82) is 0 Å². The number of carbonyl (C=O) groups is 1. The van der Waals surface area contributed by atoms with Crippen molar-refractivity contribution in [3.8, 4) is 0 Å². The summed E-state index contributed by atoms with van der Waals surface area (Å²) in [7, 11) is 0. The lowest BCUT2D eigenvalue weighted by molar-refractivity contribution is 0.101. The molecular weight excluding hydrogens is 256 g/mol. The van der Waals surface area contributed by atoms with E-state index in [9.17, 15) is 4.79 Å². The Balaban J connectivity index is 1.97. The van der Waals surface area contributed by atoms with Gasteiger partial charge in [-0.25, -0.2) is 0 Å². The third-order valence-electron chi connectivity index (χ3n) is 2.78. The minimum Gasteiger partial charge on any atom is -0.377 e. The number of ketones is 1. The van der Waals surface area contributed by atoms with E-state index >= 15 is 0 Å². The van der Waals surface area contributed by atoms with Crippen LogP contribution in [0.1, 0.15) is 30.1 Å². The third kappa shape index (κ3) is 3.47. The number of thioether (sulfide) groups is 1. The Bertz CT molecular complexity index is 414. The van der Waals surface area contributed by atoms with E-state index in [2.05, 4.69) is 0 Å². The number of halogens is 1. The van der Waals surface area contributed by atoms with Crippen LogP contribution < -0.4 is 0 Å².